The van der Waals surface area contributed by atoms with Crippen LogP contribution < -0.4 is 0 Å². The smallest absolute Gasteiger partial charge is 0.130 e. The quantitative estimate of drug-likeness (QED) is 0.381. The van der Waals surface area contributed by atoms with E-state index in [1.54, 1.807) is 6.92 Å². The van der Waals surface area contributed by atoms with Gasteiger partial charge >= 0.3 is 0 Å². The van der Waals surface area contributed by atoms with Gasteiger partial charge in [-0.3, -0.25) is 0 Å². The van der Waals surface area contributed by atoms with Crippen LogP contribution in [0.3, 0.4) is 0 Å². The minimum atomic E-state index is 0.277. The Kier molecular flexibility index (Phi) is 10.1. The minimum absolute atomic E-state index is 0.277. The molecule has 0 aliphatic carbocycles. The molecule has 0 aromatic carbocycles. The lowest BCUT2D eigenvalue weighted by Crippen LogP contribution is -1.87. The summed E-state index contributed by atoms with van der Waals surface area (Å²) >= 11 is 0. The first kappa shape index (κ1) is 17.9. The van der Waals surface area contributed by atoms with E-state index in [0.29, 0.717) is 6.42 Å². The van der Waals surface area contributed by atoms with E-state index in [2.05, 4.69) is 45.9 Å². The van der Waals surface area contributed by atoms with Gasteiger partial charge in [-0.15, -0.1) is 0 Å². The number of allylic oxidation sites excluding steroid dienone is 6. The topological polar surface area (TPSA) is 17.1 Å². The highest BCUT2D eigenvalue weighted by Crippen LogP contribution is 2.12. The van der Waals surface area contributed by atoms with Crippen molar-refractivity contribution in [3.05, 3.63) is 34.9 Å². The lowest BCUT2D eigenvalue weighted by atomic mass is 10.1. The highest BCUT2D eigenvalue weighted by molar-refractivity contribution is 5.75. The molecule has 0 rings (SSSR count). The number of rotatable bonds is 9. The summed E-state index contributed by atoms with van der Waals surface area (Å²) in [4.78, 5) is 10.8. The molecule has 0 bridgehead atoms. The number of Topliss-reactive ketones (excluding diaryl/α,β-unsaturated/α-hetero) is 1. The molecule has 1 heteroatoms. The minimum Gasteiger partial charge on any atom is -0.300 e. The van der Waals surface area contributed by atoms with Gasteiger partial charge in [0.05, 0.1) is 0 Å². The van der Waals surface area contributed by atoms with Crippen LogP contribution in [0, 0.1) is 0 Å². The molecule has 0 amide bonds. The SMILES string of the molecule is CC(C)=CCC/C(C)=C/CC/C(C)=C/CC[13C]([13CH3])=O. The van der Waals surface area contributed by atoms with Crippen molar-refractivity contribution in [2.45, 2.75) is 73.1 Å². The molecule has 108 valence electrons. The van der Waals surface area contributed by atoms with Gasteiger partial charge in [-0.25, -0.2) is 0 Å². The first-order chi connectivity index (χ1) is 8.91. The molecule has 0 saturated heterocycles. The Bertz CT molecular complexity index is 352. The van der Waals surface area contributed by atoms with Gasteiger partial charge in [0.1, 0.15) is 5.78 Å². The van der Waals surface area contributed by atoms with E-state index in [1.165, 1.54) is 16.7 Å². The standard InChI is InChI=1S/C18H30O/c1-15(2)9-6-10-16(3)11-7-12-17(4)13-8-14-18(5)19/h9,11,13H,6-8,10,12,14H2,1-5H3/b16-11+,17-13+/i5+1,18+1. The molecule has 0 N–H and O–H groups in total. The Hall–Kier alpha value is -1.11. The summed E-state index contributed by atoms with van der Waals surface area (Å²) in [6.45, 7) is 10.3. The van der Waals surface area contributed by atoms with Gasteiger partial charge < -0.3 is 4.79 Å². The molecular weight excluding hydrogens is 234 g/mol. The summed E-state index contributed by atoms with van der Waals surface area (Å²) in [5.41, 5.74) is 4.28. The van der Waals surface area contributed by atoms with Gasteiger partial charge in [-0.2, -0.15) is 0 Å². The molecule has 0 unspecified atom stereocenters. The summed E-state index contributed by atoms with van der Waals surface area (Å²) in [6.07, 6.45) is 13.0. The third-order valence-electron chi connectivity index (χ3n) is 3.11. The Morgan fingerprint density at radius 3 is 1.53 bits per heavy atom. The van der Waals surface area contributed by atoms with Gasteiger partial charge in [0, 0.05) is 6.42 Å². The zero-order chi connectivity index (χ0) is 14.7. The third-order valence-corrected chi connectivity index (χ3v) is 3.11. The molecule has 1 nitrogen and oxygen atoms in total. The van der Waals surface area contributed by atoms with Gasteiger partial charge in [-0.05, 0) is 66.7 Å². The number of hydrogen-bond donors (Lipinski definition) is 0. The third kappa shape index (κ3) is 13.1. The van der Waals surface area contributed by atoms with Gasteiger partial charge in [0.25, 0.3) is 0 Å². The van der Waals surface area contributed by atoms with Crippen LogP contribution in [0.2, 0.25) is 0 Å². The van der Waals surface area contributed by atoms with Crippen LogP contribution in [-0.4, -0.2) is 5.78 Å². The summed E-state index contributed by atoms with van der Waals surface area (Å²) in [7, 11) is 0. The highest BCUT2D eigenvalue weighted by Gasteiger charge is 1.93. The fourth-order valence-corrected chi connectivity index (χ4v) is 1.86. The van der Waals surface area contributed by atoms with E-state index >= 15 is 0 Å². The van der Waals surface area contributed by atoms with Crippen LogP contribution in [0.1, 0.15) is 73.1 Å². The van der Waals surface area contributed by atoms with Crippen LogP contribution >= 0.6 is 0 Å². The summed E-state index contributed by atoms with van der Waals surface area (Å²) in [5.74, 6) is 0.277. The first-order valence-corrected chi connectivity index (χ1v) is 7.36. The second kappa shape index (κ2) is 10.8. The summed E-state index contributed by atoms with van der Waals surface area (Å²) in [5, 5.41) is 0. The molecular formula is C18H30O. The molecule has 0 heterocycles. The lowest BCUT2D eigenvalue weighted by molar-refractivity contribution is -0.116. The maximum atomic E-state index is 10.8. The molecule has 0 spiro atoms. The van der Waals surface area contributed by atoms with Crippen molar-refractivity contribution < 1.29 is 4.79 Å². The highest BCUT2D eigenvalue weighted by atomic mass is 16.2. The zero-order valence-corrected chi connectivity index (χ0v) is 13.4. The fourth-order valence-electron chi connectivity index (χ4n) is 1.86. The predicted octanol–water partition coefficient (Wildman–Crippen LogP) is 5.77. The Morgan fingerprint density at radius 2 is 1.11 bits per heavy atom. The van der Waals surface area contributed by atoms with Crippen LogP contribution in [0.5, 0.6) is 0 Å². The summed E-state index contributed by atoms with van der Waals surface area (Å²) in [6, 6.07) is 0. The van der Waals surface area contributed by atoms with Crippen molar-refractivity contribution in [3.63, 3.8) is 0 Å². The molecule has 0 saturated carbocycles. The van der Waals surface area contributed by atoms with Gasteiger partial charge in [-0.1, -0.05) is 34.9 Å². The molecule has 0 aliphatic heterocycles. The summed E-state index contributed by atoms with van der Waals surface area (Å²) < 4.78 is 0. The van der Waals surface area contributed by atoms with Crippen molar-refractivity contribution in [3.8, 4) is 0 Å². The monoisotopic (exact) mass is 264 g/mol. The Morgan fingerprint density at radius 1 is 0.684 bits per heavy atom. The van der Waals surface area contributed by atoms with Crippen molar-refractivity contribution in [1.82, 2.24) is 0 Å². The number of ketones is 1. The largest absolute Gasteiger partial charge is 0.300 e. The molecule has 0 aliphatic rings. The average molecular weight is 264 g/mol. The van der Waals surface area contributed by atoms with E-state index in [0.717, 1.165) is 32.1 Å². The van der Waals surface area contributed by atoms with Crippen LogP contribution in [0.15, 0.2) is 34.9 Å². The molecule has 0 radical (unpaired) electrons. The van der Waals surface area contributed by atoms with Crippen molar-refractivity contribution in [2.24, 2.45) is 0 Å². The van der Waals surface area contributed by atoms with Gasteiger partial charge in [0.2, 0.25) is 0 Å². The van der Waals surface area contributed by atoms with E-state index in [-0.39, 0.29) is 5.78 Å². The molecule has 0 fully saturated rings. The average Bonchev–Trinajstić information content (AvgIpc) is 2.27. The first-order valence-electron chi connectivity index (χ1n) is 7.36. The van der Waals surface area contributed by atoms with Crippen molar-refractivity contribution in [2.75, 3.05) is 0 Å². The van der Waals surface area contributed by atoms with Crippen molar-refractivity contribution >= 4 is 5.78 Å². The lowest BCUT2D eigenvalue weighted by Gasteiger charge is -2.01. The maximum Gasteiger partial charge on any atom is 0.130 e. The van der Waals surface area contributed by atoms with E-state index in [1.807, 2.05) is 0 Å². The fraction of sp³-hybridized carbons (Fsp3) is 0.611. The van der Waals surface area contributed by atoms with Crippen LogP contribution in [0.25, 0.3) is 0 Å². The predicted molar refractivity (Wildman–Crippen MR) is 85.3 cm³/mol. The number of carbonyl (C=O) groups excluding carboxylic acids is 1. The van der Waals surface area contributed by atoms with E-state index in [4.69, 9.17) is 0 Å². The van der Waals surface area contributed by atoms with Crippen LogP contribution in [0.4, 0.5) is 0 Å². The van der Waals surface area contributed by atoms with Crippen molar-refractivity contribution in [1.29, 1.82) is 0 Å². The van der Waals surface area contributed by atoms with E-state index < -0.39 is 0 Å². The Labute approximate surface area is 119 Å². The van der Waals surface area contributed by atoms with E-state index in [9.17, 15) is 4.79 Å². The number of carbonyl (C=O) groups is 1. The second-order valence-corrected chi connectivity index (χ2v) is 5.70. The van der Waals surface area contributed by atoms with Gasteiger partial charge in [0.15, 0.2) is 0 Å². The van der Waals surface area contributed by atoms with Crippen LogP contribution in [-0.2, 0) is 4.79 Å². The number of hydrogen-bond acceptors (Lipinski definition) is 1. The molecule has 0 aromatic heterocycles. The molecule has 0 aromatic rings. The molecule has 19 heavy (non-hydrogen) atoms. The maximum absolute atomic E-state index is 10.8. The second-order valence-electron chi connectivity index (χ2n) is 5.70. The normalized spacial score (nSPS) is 12.5. The zero-order valence-electron chi connectivity index (χ0n) is 13.4. The molecule has 0 atom stereocenters. The Balaban J connectivity index is 3.86.